The molecule has 2 heterocycles. The minimum absolute atomic E-state index is 0.122. The molecule has 2 fully saturated rings. The molecule has 1 saturated heterocycles. The topological polar surface area (TPSA) is 45.5 Å². The van der Waals surface area contributed by atoms with Crippen molar-refractivity contribution in [2.24, 2.45) is 5.92 Å². The summed E-state index contributed by atoms with van der Waals surface area (Å²) in [7, 11) is 0. The van der Waals surface area contributed by atoms with Crippen LogP contribution in [-0.2, 0) is 11.3 Å². The lowest BCUT2D eigenvalue weighted by Crippen LogP contribution is -2.37. The first-order chi connectivity index (χ1) is 11.2. The Morgan fingerprint density at radius 2 is 2.00 bits per heavy atom. The third-order valence-electron chi connectivity index (χ3n) is 4.95. The Morgan fingerprint density at radius 1 is 1.22 bits per heavy atom. The van der Waals surface area contributed by atoms with Gasteiger partial charge in [-0.1, -0.05) is 25.1 Å². The maximum Gasteiger partial charge on any atom is 0.244 e. The van der Waals surface area contributed by atoms with Gasteiger partial charge in [-0.15, -0.1) is 0 Å². The Hall–Kier alpha value is -2.07. The van der Waals surface area contributed by atoms with Crippen LogP contribution in [-0.4, -0.2) is 18.5 Å². The Balaban J connectivity index is 1.35. The Kier molecular flexibility index (Phi) is 3.69. The SMILES string of the molecule is CC1CC1c1ccc(CNC2CCN(c3ccccc3)C2=O)o1. The fraction of sp³-hybridized carbons (Fsp3) is 0.421. The van der Waals surface area contributed by atoms with Crippen molar-refractivity contribution in [2.45, 2.75) is 38.3 Å². The number of rotatable bonds is 5. The van der Waals surface area contributed by atoms with Crippen molar-refractivity contribution in [3.63, 3.8) is 0 Å². The second-order valence-electron chi connectivity index (χ2n) is 6.67. The molecule has 4 heteroatoms. The number of nitrogens with zero attached hydrogens (tertiary/aromatic N) is 1. The van der Waals surface area contributed by atoms with Crippen molar-refractivity contribution in [1.82, 2.24) is 5.32 Å². The summed E-state index contributed by atoms with van der Waals surface area (Å²) in [6.07, 6.45) is 2.06. The maximum absolute atomic E-state index is 12.5. The molecule has 1 N–H and O–H groups in total. The highest BCUT2D eigenvalue weighted by atomic mass is 16.3. The first-order valence-electron chi connectivity index (χ1n) is 8.41. The maximum atomic E-state index is 12.5. The molecule has 120 valence electrons. The number of benzene rings is 1. The van der Waals surface area contributed by atoms with Crippen LogP contribution in [0.3, 0.4) is 0 Å². The first kappa shape index (κ1) is 14.5. The van der Waals surface area contributed by atoms with Gasteiger partial charge >= 0.3 is 0 Å². The van der Waals surface area contributed by atoms with Crippen LogP contribution in [0.1, 0.15) is 37.2 Å². The van der Waals surface area contributed by atoms with Crippen molar-refractivity contribution < 1.29 is 9.21 Å². The molecule has 1 aliphatic heterocycles. The van der Waals surface area contributed by atoms with Crippen LogP contribution in [0.15, 0.2) is 46.9 Å². The van der Waals surface area contributed by atoms with E-state index in [1.165, 1.54) is 6.42 Å². The summed E-state index contributed by atoms with van der Waals surface area (Å²) in [6, 6.07) is 13.9. The number of hydrogen-bond acceptors (Lipinski definition) is 3. The van der Waals surface area contributed by atoms with Crippen LogP contribution >= 0.6 is 0 Å². The van der Waals surface area contributed by atoms with Crippen molar-refractivity contribution in [1.29, 1.82) is 0 Å². The third kappa shape index (κ3) is 2.91. The molecule has 4 nitrogen and oxygen atoms in total. The van der Waals surface area contributed by atoms with Gasteiger partial charge in [0.1, 0.15) is 11.5 Å². The average Bonchev–Trinajstić information content (AvgIpc) is 2.98. The predicted octanol–water partition coefficient (Wildman–Crippen LogP) is 3.30. The molecular formula is C19H22N2O2. The number of para-hydroxylation sites is 1. The number of hydrogen-bond donors (Lipinski definition) is 1. The van der Waals surface area contributed by atoms with Crippen LogP contribution in [0.2, 0.25) is 0 Å². The van der Waals surface area contributed by atoms with Gasteiger partial charge in [0.15, 0.2) is 0 Å². The van der Waals surface area contributed by atoms with Crippen LogP contribution in [0.4, 0.5) is 5.69 Å². The Morgan fingerprint density at radius 3 is 2.74 bits per heavy atom. The number of anilines is 1. The quantitative estimate of drug-likeness (QED) is 0.921. The van der Waals surface area contributed by atoms with E-state index in [4.69, 9.17) is 4.42 Å². The number of amides is 1. The zero-order valence-electron chi connectivity index (χ0n) is 13.4. The van der Waals surface area contributed by atoms with Gasteiger partial charge < -0.3 is 9.32 Å². The zero-order valence-corrected chi connectivity index (χ0v) is 13.4. The molecule has 3 unspecified atom stereocenters. The lowest BCUT2D eigenvalue weighted by molar-refractivity contribution is -0.118. The number of carbonyl (C=O) groups excluding carboxylic acids is 1. The average molecular weight is 310 g/mol. The van der Waals surface area contributed by atoms with Crippen molar-refractivity contribution in [3.05, 3.63) is 54.0 Å². The van der Waals surface area contributed by atoms with E-state index in [2.05, 4.69) is 18.3 Å². The fourth-order valence-electron chi connectivity index (χ4n) is 3.36. The van der Waals surface area contributed by atoms with Gasteiger partial charge in [0.25, 0.3) is 0 Å². The third-order valence-corrected chi connectivity index (χ3v) is 4.95. The molecule has 2 aromatic rings. The van der Waals surface area contributed by atoms with Crippen LogP contribution in [0, 0.1) is 5.92 Å². The molecule has 1 aromatic heterocycles. The summed E-state index contributed by atoms with van der Waals surface area (Å²) in [5.74, 6) is 3.52. The van der Waals surface area contributed by atoms with Gasteiger partial charge in [-0.2, -0.15) is 0 Å². The van der Waals surface area contributed by atoms with E-state index in [0.717, 1.165) is 36.1 Å². The lowest BCUT2D eigenvalue weighted by Gasteiger charge is -2.16. The highest BCUT2D eigenvalue weighted by molar-refractivity contribution is 5.99. The first-order valence-corrected chi connectivity index (χ1v) is 8.41. The molecule has 1 amide bonds. The van der Waals surface area contributed by atoms with E-state index in [9.17, 15) is 4.79 Å². The lowest BCUT2D eigenvalue weighted by atomic mass is 10.2. The van der Waals surface area contributed by atoms with Crippen LogP contribution < -0.4 is 10.2 Å². The summed E-state index contributed by atoms with van der Waals surface area (Å²) in [5.41, 5.74) is 0.977. The monoisotopic (exact) mass is 310 g/mol. The second kappa shape index (κ2) is 5.85. The van der Waals surface area contributed by atoms with E-state index in [-0.39, 0.29) is 11.9 Å². The van der Waals surface area contributed by atoms with E-state index in [1.54, 1.807) is 0 Å². The van der Waals surface area contributed by atoms with Crippen molar-refractivity contribution in [2.75, 3.05) is 11.4 Å². The van der Waals surface area contributed by atoms with Gasteiger partial charge in [-0.3, -0.25) is 10.1 Å². The number of furan rings is 1. The standard InChI is InChI=1S/C19H22N2O2/c1-13-11-16(13)18-8-7-15(23-18)12-20-17-9-10-21(19(17)22)14-5-3-2-4-6-14/h2-8,13,16-17,20H,9-12H2,1H3. The normalized spacial score (nSPS) is 26.7. The van der Waals surface area contributed by atoms with Gasteiger partial charge in [0.2, 0.25) is 5.91 Å². The summed E-state index contributed by atoms with van der Waals surface area (Å²) in [6.45, 7) is 3.63. The van der Waals surface area contributed by atoms with Gasteiger partial charge in [-0.05, 0) is 43.0 Å². The number of nitrogens with one attached hydrogen (secondary N) is 1. The largest absolute Gasteiger partial charge is 0.464 e. The molecule has 23 heavy (non-hydrogen) atoms. The van der Waals surface area contributed by atoms with Gasteiger partial charge in [-0.25, -0.2) is 0 Å². The highest BCUT2D eigenvalue weighted by Gasteiger charge is 2.37. The number of carbonyl (C=O) groups is 1. The van der Waals surface area contributed by atoms with E-state index in [1.807, 2.05) is 41.3 Å². The summed E-state index contributed by atoms with van der Waals surface area (Å²) in [5, 5.41) is 3.35. The van der Waals surface area contributed by atoms with Gasteiger partial charge in [0, 0.05) is 18.2 Å². The summed E-state index contributed by atoms with van der Waals surface area (Å²) < 4.78 is 5.90. The molecular weight excluding hydrogens is 288 g/mol. The Bertz CT molecular complexity index is 694. The zero-order chi connectivity index (χ0) is 15.8. The van der Waals surface area contributed by atoms with E-state index >= 15 is 0 Å². The van der Waals surface area contributed by atoms with Crippen LogP contribution in [0.5, 0.6) is 0 Å². The molecule has 1 aliphatic carbocycles. The minimum Gasteiger partial charge on any atom is -0.464 e. The fourth-order valence-corrected chi connectivity index (χ4v) is 3.36. The molecule has 2 aliphatic rings. The summed E-state index contributed by atoms with van der Waals surface area (Å²) >= 11 is 0. The van der Waals surface area contributed by atoms with Gasteiger partial charge in [0.05, 0.1) is 12.6 Å². The molecule has 3 atom stereocenters. The molecule has 1 saturated carbocycles. The molecule has 0 spiro atoms. The minimum atomic E-state index is -0.122. The van der Waals surface area contributed by atoms with E-state index < -0.39 is 0 Å². The van der Waals surface area contributed by atoms with Crippen molar-refractivity contribution >= 4 is 11.6 Å². The highest BCUT2D eigenvalue weighted by Crippen LogP contribution is 2.47. The molecule has 4 rings (SSSR count). The smallest absolute Gasteiger partial charge is 0.244 e. The molecule has 0 radical (unpaired) electrons. The van der Waals surface area contributed by atoms with E-state index in [0.29, 0.717) is 12.5 Å². The predicted molar refractivity (Wildman–Crippen MR) is 89.3 cm³/mol. The summed E-state index contributed by atoms with van der Waals surface area (Å²) in [4.78, 5) is 14.4. The van der Waals surface area contributed by atoms with Crippen molar-refractivity contribution in [3.8, 4) is 0 Å². The second-order valence-corrected chi connectivity index (χ2v) is 6.67. The molecule has 1 aromatic carbocycles. The Labute approximate surface area is 136 Å². The molecule has 0 bridgehead atoms. The van der Waals surface area contributed by atoms with Crippen LogP contribution in [0.25, 0.3) is 0 Å².